The second-order valence-electron chi connectivity index (χ2n) is 7.28. The zero-order chi connectivity index (χ0) is 18.9. The molecule has 0 fully saturated rings. The van der Waals surface area contributed by atoms with Crippen LogP contribution < -0.4 is 10.5 Å². The fraction of sp³-hybridized carbons (Fsp3) is 0.286. The zero-order valence-electron chi connectivity index (χ0n) is 15.5. The predicted molar refractivity (Wildman–Crippen MR) is 107 cm³/mol. The van der Waals surface area contributed by atoms with Gasteiger partial charge in [-0.05, 0) is 63.1 Å². The number of nitrogens with zero attached hydrogens (tertiary/aromatic N) is 1. The smallest absolute Gasteiger partial charge is 0.138 e. The minimum atomic E-state index is -0.353. The molecule has 0 aliphatic carbocycles. The predicted octanol–water partition coefficient (Wildman–Crippen LogP) is 5.38. The fourth-order valence-electron chi connectivity index (χ4n) is 2.71. The molecule has 0 aliphatic heterocycles. The van der Waals surface area contributed by atoms with Gasteiger partial charge in [0, 0.05) is 11.1 Å². The number of nitrogens with two attached hydrogens (primary N) is 1. The van der Waals surface area contributed by atoms with E-state index in [-0.39, 0.29) is 11.6 Å². The molecule has 0 saturated heterocycles. The van der Waals surface area contributed by atoms with Crippen molar-refractivity contribution in [1.29, 1.82) is 0 Å². The molecular weight excluding hydrogens is 346 g/mol. The highest BCUT2D eigenvalue weighted by Gasteiger charge is 2.14. The molecule has 0 bridgehead atoms. The third-order valence-corrected chi connectivity index (χ3v) is 4.40. The SMILES string of the molecule is CC(C)Oc1ccc(-c2cc(-c3ccc(C(C)(C)N)cc3)[nH]n2)cc1Cl. The van der Waals surface area contributed by atoms with Crippen LogP contribution in [0.25, 0.3) is 22.5 Å². The summed E-state index contributed by atoms with van der Waals surface area (Å²) in [7, 11) is 0. The molecular formula is C21H24ClN3O. The number of benzene rings is 2. The summed E-state index contributed by atoms with van der Waals surface area (Å²) in [4.78, 5) is 0. The normalized spacial score (nSPS) is 11.8. The van der Waals surface area contributed by atoms with Crippen molar-refractivity contribution in [3.63, 3.8) is 0 Å². The van der Waals surface area contributed by atoms with Crippen molar-refractivity contribution in [3.05, 3.63) is 59.1 Å². The van der Waals surface area contributed by atoms with Crippen molar-refractivity contribution in [3.8, 4) is 28.3 Å². The lowest BCUT2D eigenvalue weighted by Crippen LogP contribution is -2.28. The van der Waals surface area contributed by atoms with Crippen LogP contribution in [0.3, 0.4) is 0 Å². The number of aromatic amines is 1. The molecule has 26 heavy (non-hydrogen) atoms. The van der Waals surface area contributed by atoms with Crippen LogP contribution in [0.2, 0.25) is 5.02 Å². The molecule has 3 rings (SSSR count). The van der Waals surface area contributed by atoms with Gasteiger partial charge in [0.05, 0.1) is 22.5 Å². The summed E-state index contributed by atoms with van der Waals surface area (Å²) in [5.41, 5.74) is 10.7. The maximum absolute atomic E-state index is 6.33. The van der Waals surface area contributed by atoms with Gasteiger partial charge in [-0.2, -0.15) is 5.10 Å². The average molecular weight is 370 g/mol. The lowest BCUT2D eigenvalue weighted by molar-refractivity contribution is 0.242. The molecule has 0 amide bonds. The molecule has 0 aliphatic rings. The van der Waals surface area contributed by atoms with Gasteiger partial charge in [0.15, 0.2) is 0 Å². The maximum Gasteiger partial charge on any atom is 0.138 e. The standard InChI is InChI=1S/C21H24ClN3O/c1-13(2)26-20-10-7-15(11-17(20)22)19-12-18(24-25-19)14-5-8-16(9-6-14)21(3,4)23/h5-13H,23H2,1-4H3,(H,24,25). The molecule has 1 aromatic heterocycles. The molecule has 1 heterocycles. The van der Waals surface area contributed by atoms with E-state index >= 15 is 0 Å². The number of hydrogen-bond donors (Lipinski definition) is 2. The number of H-pyrrole nitrogens is 1. The Labute approximate surface area is 159 Å². The maximum atomic E-state index is 6.33. The molecule has 3 aromatic rings. The first-order valence-electron chi connectivity index (χ1n) is 8.66. The van der Waals surface area contributed by atoms with Gasteiger partial charge < -0.3 is 10.5 Å². The molecule has 0 radical (unpaired) electrons. The quantitative estimate of drug-likeness (QED) is 0.634. The Bertz CT molecular complexity index is 892. The first-order chi connectivity index (χ1) is 12.2. The number of halogens is 1. The van der Waals surface area contributed by atoms with E-state index in [4.69, 9.17) is 22.1 Å². The van der Waals surface area contributed by atoms with Crippen LogP contribution in [0.1, 0.15) is 33.3 Å². The Balaban J connectivity index is 1.85. The number of hydrogen-bond acceptors (Lipinski definition) is 3. The minimum Gasteiger partial charge on any atom is -0.489 e. The highest BCUT2D eigenvalue weighted by Crippen LogP contribution is 2.32. The highest BCUT2D eigenvalue weighted by atomic mass is 35.5. The Hall–Kier alpha value is -2.30. The minimum absolute atomic E-state index is 0.0804. The van der Waals surface area contributed by atoms with Crippen molar-refractivity contribution in [2.24, 2.45) is 5.73 Å². The summed E-state index contributed by atoms with van der Waals surface area (Å²) >= 11 is 6.33. The van der Waals surface area contributed by atoms with Gasteiger partial charge in [-0.3, -0.25) is 5.10 Å². The van der Waals surface area contributed by atoms with Crippen LogP contribution >= 0.6 is 11.6 Å². The third kappa shape index (κ3) is 4.09. The second kappa shape index (κ2) is 7.14. The van der Waals surface area contributed by atoms with Crippen molar-refractivity contribution in [1.82, 2.24) is 10.2 Å². The van der Waals surface area contributed by atoms with E-state index in [1.165, 1.54) is 0 Å². The van der Waals surface area contributed by atoms with E-state index in [2.05, 4.69) is 10.2 Å². The average Bonchev–Trinajstić information content (AvgIpc) is 3.06. The lowest BCUT2D eigenvalue weighted by atomic mass is 9.94. The lowest BCUT2D eigenvalue weighted by Gasteiger charge is -2.19. The van der Waals surface area contributed by atoms with E-state index in [1.54, 1.807) is 0 Å². The highest BCUT2D eigenvalue weighted by molar-refractivity contribution is 6.32. The van der Waals surface area contributed by atoms with E-state index in [0.29, 0.717) is 10.8 Å². The van der Waals surface area contributed by atoms with Gasteiger partial charge in [0.25, 0.3) is 0 Å². The Morgan fingerprint density at radius 2 is 1.69 bits per heavy atom. The zero-order valence-corrected chi connectivity index (χ0v) is 16.3. The van der Waals surface area contributed by atoms with E-state index in [1.807, 2.05) is 76.2 Å². The fourth-order valence-corrected chi connectivity index (χ4v) is 2.93. The number of nitrogens with one attached hydrogen (secondary N) is 1. The van der Waals surface area contributed by atoms with Crippen LogP contribution in [-0.2, 0) is 5.54 Å². The molecule has 0 spiro atoms. The number of ether oxygens (including phenoxy) is 1. The molecule has 0 unspecified atom stereocenters. The van der Waals surface area contributed by atoms with Crippen LogP contribution in [0.5, 0.6) is 5.75 Å². The summed E-state index contributed by atoms with van der Waals surface area (Å²) in [5, 5.41) is 8.08. The molecule has 136 valence electrons. The van der Waals surface area contributed by atoms with Gasteiger partial charge in [0.2, 0.25) is 0 Å². The topological polar surface area (TPSA) is 63.9 Å². The van der Waals surface area contributed by atoms with Crippen molar-refractivity contribution < 1.29 is 4.74 Å². The first-order valence-corrected chi connectivity index (χ1v) is 9.03. The van der Waals surface area contributed by atoms with Crippen molar-refractivity contribution in [2.45, 2.75) is 39.3 Å². The van der Waals surface area contributed by atoms with Crippen LogP contribution in [0, 0.1) is 0 Å². The number of aromatic nitrogens is 2. The first kappa shape index (κ1) is 18.5. The third-order valence-electron chi connectivity index (χ3n) is 4.11. The van der Waals surface area contributed by atoms with Gasteiger partial charge in [-0.25, -0.2) is 0 Å². The molecule has 4 nitrogen and oxygen atoms in total. The van der Waals surface area contributed by atoms with Crippen LogP contribution in [0.4, 0.5) is 0 Å². The van der Waals surface area contributed by atoms with Crippen LogP contribution in [-0.4, -0.2) is 16.3 Å². The summed E-state index contributed by atoms with van der Waals surface area (Å²) in [6.45, 7) is 7.93. The summed E-state index contributed by atoms with van der Waals surface area (Å²) in [6, 6.07) is 15.9. The molecule has 0 atom stereocenters. The molecule has 2 aromatic carbocycles. The van der Waals surface area contributed by atoms with E-state index < -0.39 is 0 Å². The molecule has 5 heteroatoms. The van der Waals surface area contributed by atoms with Crippen molar-refractivity contribution in [2.75, 3.05) is 0 Å². The monoisotopic (exact) mass is 369 g/mol. The Kier molecular flexibility index (Phi) is 5.08. The molecule has 3 N–H and O–H groups in total. The second-order valence-corrected chi connectivity index (χ2v) is 7.68. The number of rotatable bonds is 5. The largest absolute Gasteiger partial charge is 0.489 e. The van der Waals surface area contributed by atoms with E-state index in [0.717, 1.165) is 28.1 Å². The van der Waals surface area contributed by atoms with Gasteiger partial charge >= 0.3 is 0 Å². The summed E-state index contributed by atoms with van der Waals surface area (Å²) < 4.78 is 5.68. The van der Waals surface area contributed by atoms with Gasteiger partial charge in [0.1, 0.15) is 5.75 Å². The Morgan fingerprint density at radius 3 is 2.27 bits per heavy atom. The summed E-state index contributed by atoms with van der Waals surface area (Å²) in [5.74, 6) is 0.682. The summed E-state index contributed by atoms with van der Waals surface area (Å²) in [6.07, 6.45) is 0.0804. The van der Waals surface area contributed by atoms with Crippen molar-refractivity contribution >= 4 is 11.6 Å². The van der Waals surface area contributed by atoms with Gasteiger partial charge in [-0.1, -0.05) is 35.9 Å². The molecule has 0 saturated carbocycles. The van der Waals surface area contributed by atoms with Gasteiger partial charge in [-0.15, -0.1) is 0 Å². The van der Waals surface area contributed by atoms with E-state index in [9.17, 15) is 0 Å². The van der Waals surface area contributed by atoms with Crippen LogP contribution in [0.15, 0.2) is 48.5 Å². The Morgan fingerprint density at radius 1 is 1.04 bits per heavy atom.